The Bertz CT molecular complexity index is 503. The summed E-state index contributed by atoms with van der Waals surface area (Å²) in [4.78, 5) is 0. The van der Waals surface area contributed by atoms with E-state index in [4.69, 9.17) is 4.74 Å². The molecule has 0 aliphatic carbocycles. The summed E-state index contributed by atoms with van der Waals surface area (Å²) in [5.41, 5.74) is 3.07. The second-order valence-corrected chi connectivity index (χ2v) is 6.60. The number of hydrogen-bond donors (Lipinski definition) is 2. The summed E-state index contributed by atoms with van der Waals surface area (Å²) < 4.78 is 7.01. The van der Waals surface area contributed by atoms with Crippen LogP contribution in [0.4, 0.5) is 0 Å². The molecule has 4 heteroatoms. The van der Waals surface area contributed by atoms with E-state index in [2.05, 4.69) is 40.9 Å². The van der Waals surface area contributed by atoms with Crippen molar-refractivity contribution in [3.05, 3.63) is 26.3 Å². The van der Waals surface area contributed by atoms with Crippen molar-refractivity contribution >= 4 is 22.6 Å². The third-order valence-electron chi connectivity index (χ3n) is 4.37. The first kappa shape index (κ1) is 13.6. The maximum absolute atomic E-state index is 11.0. The molecule has 1 aromatic carbocycles. The molecule has 2 aliphatic rings. The monoisotopic (exact) mass is 373 g/mol. The number of halogens is 1. The highest BCUT2D eigenvalue weighted by Crippen LogP contribution is 2.45. The van der Waals surface area contributed by atoms with Gasteiger partial charge in [0, 0.05) is 12.0 Å². The molecular weight excluding hydrogens is 353 g/mol. The second-order valence-electron chi connectivity index (χ2n) is 5.43. The highest BCUT2D eigenvalue weighted by Gasteiger charge is 2.38. The summed E-state index contributed by atoms with van der Waals surface area (Å²) in [6.07, 6.45) is 3.48. The van der Waals surface area contributed by atoms with Gasteiger partial charge in [-0.25, -0.2) is 0 Å². The highest BCUT2D eigenvalue weighted by atomic mass is 127. The summed E-state index contributed by atoms with van der Waals surface area (Å²) in [6, 6.07) is 2.24. The Hall–Kier alpha value is -0.330. The highest BCUT2D eigenvalue weighted by molar-refractivity contribution is 14.1. The summed E-state index contributed by atoms with van der Waals surface area (Å²) in [5, 5.41) is 14.4. The molecule has 3 nitrogen and oxygen atoms in total. The number of aliphatic hydroxyl groups is 1. The number of benzene rings is 1. The van der Waals surface area contributed by atoms with Gasteiger partial charge in [0.25, 0.3) is 0 Å². The molecule has 2 aliphatic heterocycles. The molecule has 0 spiro atoms. The molecule has 1 aromatic rings. The van der Waals surface area contributed by atoms with Gasteiger partial charge in [-0.05, 0) is 72.1 Å². The lowest BCUT2D eigenvalue weighted by Gasteiger charge is -2.36. The Kier molecular flexibility index (Phi) is 3.75. The Labute approximate surface area is 127 Å². The fourth-order valence-electron chi connectivity index (χ4n) is 3.23. The van der Waals surface area contributed by atoms with Gasteiger partial charge in [0.1, 0.15) is 5.75 Å². The van der Waals surface area contributed by atoms with Crippen molar-refractivity contribution in [2.24, 2.45) is 0 Å². The van der Waals surface area contributed by atoms with Crippen LogP contribution in [0.2, 0.25) is 0 Å². The summed E-state index contributed by atoms with van der Waals surface area (Å²) >= 11 is 2.34. The van der Waals surface area contributed by atoms with Crippen LogP contribution in [0.15, 0.2) is 6.07 Å². The average molecular weight is 373 g/mol. The Morgan fingerprint density at radius 1 is 1.42 bits per heavy atom. The zero-order valence-electron chi connectivity index (χ0n) is 11.3. The van der Waals surface area contributed by atoms with E-state index in [1.165, 1.54) is 11.1 Å². The van der Waals surface area contributed by atoms with Gasteiger partial charge in [-0.15, -0.1) is 0 Å². The van der Waals surface area contributed by atoms with E-state index in [9.17, 15) is 5.11 Å². The molecule has 19 heavy (non-hydrogen) atoms. The van der Waals surface area contributed by atoms with Crippen molar-refractivity contribution < 1.29 is 9.84 Å². The van der Waals surface area contributed by atoms with Crippen molar-refractivity contribution in [1.82, 2.24) is 5.32 Å². The first-order chi connectivity index (χ1) is 9.15. The molecule has 0 saturated carbocycles. The number of hydrogen-bond acceptors (Lipinski definition) is 3. The largest absolute Gasteiger partial charge is 0.492 e. The standard InChI is InChI=1S/C15H20INO2/c1-2-15(18)5-8-19-14-12(16)9-10-3-6-17-7-4-11(10)13(14)15/h9,17-18H,2-8H2,1H3. The van der Waals surface area contributed by atoms with Gasteiger partial charge in [-0.2, -0.15) is 0 Å². The molecule has 2 N–H and O–H groups in total. The Balaban J connectivity index is 2.23. The van der Waals surface area contributed by atoms with Gasteiger partial charge in [0.15, 0.2) is 0 Å². The first-order valence-electron chi connectivity index (χ1n) is 7.06. The normalized spacial score (nSPS) is 26.1. The average Bonchev–Trinajstić information content (AvgIpc) is 2.64. The summed E-state index contributed by atoms with van der Waals surface area (Å²) in [6.45, 7) is 4.69. The lowest BCUT2D eigenvalue weighted by atomic mass is 9.80. The molecular formula is C15H20INO2. The molecule has 0 aromatic heterocycles. The van der Waals surface area contributed by atoms with Crippen LogP contribution in [0.5, 0.6) is 5.75 Å². The third-order valence-corrected chi connectivity index (χ3v) is 5.17. The first-order valence-corrected chi connectivity index (χ1v) is 8.14. The molecule has 0 amide bonds. The number of ether oxygens (including phenoxy) is 1. The lowest BCUT2D eigenvalue weighted by molar-refractivity contribution is -0.00765. The van der Waals surface area contributed by atoms with E-state index >= 15 is 0 Å². The minimum absolute atomic E-state index is 0.615. The van der Waals surface area contributed by atoms with E-state index in [0.29, 0.717) is 13.0 Å². The van der Waals surface area contributed by atoms with Gasteiger partial charge in [-0.1, -0.05) is 6.92 Å². The van der Waals surface area contributed by atoms with E-state index in [1.54, 1.807) is 0 Å². The van der Waals surface area contributed by atoms with Crippen LogP contribution in [0.25, 0.3) is 0 Å². The molecule has 0 bridgehead atoms. The maximum Gasteiger partial charge on any atom is 0.138 e. The van der Waals surface area contributed by atoms with E-state index < -0.39 is 5.60 Å². The van der Waals surface area contributed by atoms with Gasteiger partial charge in [0.05, 0.1) is 15.8 Å². The fourth-order valence-corrected chi connectivity index (χ4v) is 4.03. The molecule has 1 atom stereocenters. The van der Waals surface area contributed by atoms with Crippen LogP contribution < -0.4 is 10.1 Å². The maximum atomic E-state index is 11.0. The molecule has 0 radical (unpaired) electrons. The molecule has 0 saturated heterocycles. The second kappa shape index (κ2) is 5.22. The molecule has 1 unspecified atom stereocenters. The van der Waals surface area contributed by atoms with Crippen molar-refractivity contribution in [1.29, 1.82) is 0 Å². The van der Waals surface area contributed by atoms with Crippen LogP contribution in [0.3, 0.4) is 0 Å². The van der Waals surface area contributed by atoms with Crippen LogP contribution in [-0.4, -0.2) is 24.8 Å². The predicted octanol–water partition coefficient (Wildman–Crippen LogP) is 2.36. The topological polar surface area (TPSA) is 41.5 Å². The van der Waals surface area contributed by atoms with Crippen molar-refractivity contribution in [2.45, 2.75) is 38.2 Å². The SMILES string of the molecule is CCC1(O)CCOc2c(I)cc3c(c21)CCNCC3. The predicted molar refractivity (Wildman–Crippen MR) is 83.7 cm³/mol. The quantitative estimate of drug-likeness (QED) is 0.743. The molecule has 104 valence electrons. The van der Waals surface area contributed by atoms with E-state index in [0.717, 1.165) is 47.2 Å². The van der Waals surface area contributed by atoms with Crippen molar-refractivity contribution in [2.75, 3.05) is 19.7 Å². The van der Waals surface area contributed by atoms with Gasteiger partial charge >= 0.3 is 0 Å². The number of nitrogens with one attached hydrogen (secondary N) is 1. The van der Waals surface area contributed by atoms with Crippen LogP contribution in [-0.2, 0) is 18.4 Å². The third kappa shape index (κ3) is 2.28. The van der Waals surface area contributed by atoms with E-state index in [1.807, 2.05) is 0 Å². The van der Waals surface area contributed by atoms with Gasteiger partial charge in [0.2, 0.25) is 0 Å². The van der Waals surface area contributed by atoms with Crippen LogP contribution in [0, 0.1) is 3.57 Å². The van der Waals surface area contributed by atoms with E-state index in [-0.39, 0.29) is 0 Å². The molecule has 3 rings (SSSR count). The fraction of sp³-hybridized carbons (Fsp3) is 0.600. The van der Waals surface area contributed by atoms with Gasteiger partial charge < -0.3 is 15.2 Å². The number of rotatable bonds is 1. The summed E-state index contributed by atoms with van der Waals surface area (Å²) in [5.74, 6) is 0.928. The zero-order valence-corrected chi connectivity index (χ0v) is 13.4. The lowest BCUT2D eigenvalue weighted by Crippen LogP contribution is -2.34. The van der Waals surface area contributed by atoms with Crippen molar-refractivity contribution in [3.8, 4) is 5.75 Å². The Morgan fingerprint density at radius 2 is 2.21 bits per heavy atom. The summed E-state index contributed by atoms with van der Waals surface area (Å²) in [7, 11) is 0. The molecule has 0 fully saturated rings. The smallest absolute Gasteiger partial charge is 0.138 e. The van der Waals surface area contributed by atoms with Crippen LogP contribution >= 0.6 is 22.6 Å². The zero-order chi connectivity index (χ0) is 13.5. The number of fused-ring (bicyclic) bond motifs is 3. The van der Waals surface area contributed by atoms with Gasteiger partial charge in [-0.3, -0.25) is 0 Å². The molecule has 2 heterocycles. The van der Waals surface area contributed by atoms with Crippen LogP contribution in [0.1, 0.15) is 36.5 Å². The minimum Gasteiger partial charge on any atom is -0.492 e. The van der Waals surface area contributed by atoms with Crippen molar-refractivity contribution in [3.63, 3.8) is 0 Å². The Morgan fingerprint density at radius 3 is 3.00 bits per heavy atom. The minimum atomic E-state index is -0.705.